The van der Waals surface area contributed by atoms with E-state index >= 15 is 0 Å². The molecule has 0 saturated carbocycles. The molecule has 126 valence electrons. The van der Waals surface area contributed by atoms with E-state index in [9.17, 15) is 0 Å². The summed E-state index contributed by atoms with van der Waals surface area (Å²) in [7, 11) is 0. The molecule has 0 unspecified atom stereocenters. The summed E-state index contributed by atoms with van der Waals surface area (Å²) in [5.41, 5.74) is 15.4. The molecule has 0 bridgehead atoms. The van der Waals surface area contributed by atoms with Gasteiger partial charge in [-0.25, -0.2) is 0 Å². The van der Waals surface area contributed by atoms with Crippen LogP contribution < -0.4 is 20.9 Å². The third-order valence-corrected chi connectivity index (χ3v) is 3.99. The topological polar surface area (TPSA) is 70.5 Å². The van der Waals surface area contributed by atoms with Crippen LogP contribution in [0.2, 0.25) is 0 Å². The number of aryl methyl sites for hydroxylation is 2. The van der Waals surface area contributed by atoms with Gasteiger partial charge in [-0.05, 0) is 48.7 Å². The molecular formula is C18H20N2O2S2. The van der Waals surface area contributed by atoms with Crippen LogP contribution in [0.3, 0.4) is 0 Å². The van der Waals surface area contributed by atoms with Crippen LogP contribution >= 0.6 is 24.4 Å². The summed E-state index contributed by atoms with van der Waals surface area (Å²) in [5, 5.41) is 0. The normalized spacial score (nSPS) is 11.4. The van der Waals surface area contributed by atoms with Crippen molar-refractivity contribution in [2.45, 2.75) is 20.3 Å². The summed E-state index contributed by atoms with van der Waals surface area (Å²) in [6, 6.07) is 11.7. The van der Waals surface area contributed by atoms with Crippen LogP contribution in [0.5, 0.6) is 11.5 Å². The van der Waals surface area contributed by atoms with Crippen molar-refractivity contribution in [1.82, 2.24) is 0 Å². The van der Waals surface area contributed by atoms with Gasteiger partial charge in [0.05, 0.1) is 4.99 Å². The highest BCUT2D eigenvalue weighted by Gasteiger charge is 2.12. The fourth-order valence-electron chi connectivity index (χ4n) is 2.15. The lowest BCUT2D eigenvalue weighted by Gasteiger charge is -2.02. The fourth-order valence-corrected chi connectivity index (χ4v) is 2.44. The molecule has 2 aromatic rings. The van der Waals surface area contributed by atoms with Crippen molar-refractivity contribution in [3.63, 3.8) is 0 Å². The zero-order chi connectivity index (χ0) is 17.7. The lowest BCUT2D eigenvalue weighted by molar-refractivity contribution is 0.174. The second kappa shape index (κ2) is 8.08. The monoisotopic (exact) mass is 360 g/mol. The lowest BCUT2D eigenvalue weighted by atomic mass is 10.1. The molecule has 0 amide bonds. The highest BCUT2D eigenvalue weighted by Crippen LogP contribution is 2.32. The standard InChI is InChI=1S/C9H9NO2S.C9H11NS/c10-9(13)4-6-1-2-7-8(3-6)12-5-11-7;1-6-3-4-8(9(10)11)5-7(6)2/h1-3H,4-5H2,(H2,10,13);3-5H,1-2H3,(H2,10,11). The molecule has 0 saturated heterocycles. The Morgan fingerprint density at radius 1 is 0.958 bits per heavy atom. The summed E-state index contributed by atoms with van der Waals surface area (Å²) in [6.45, 7) is 4.42. The maximum absolute atomic E-state index is 5.46. The van der Waals surface area contributed by atoms with Crippen LogP contribution in [0.4, 0.5) is 0 Å². The van der Waals surface area contributed by atoms with E-state index in [2.05, 4.69) is 13.8 Å². The van der Waals surface area contributed by atoms with Gasteiger partial charge >= 0.3 is 0 Å². The first kappa shape index (κ1) is 18.2. The molecule has 0 radical (unpaired) electrons. The number of hydrogen-bond donors (Lipinski definition) is 2. The van der Waals surface area contributed by atoms with Gasteiger partial charge in [-0.2, -0.15) is 0 Å². The summed E-state index contributed by atoms with van der Waals surface area (Å²) in [5.74, 6) is 1.56. The van der Waals surface area contributed by atoms with Crippen LogP contribution in [0.15, 0.2) is 36.4 Å². The summed E-state index contributed by atoms with van der Waals surface area (Å²) >= 11 is 9.65. The lowest BCUT2D eigenvalue weighted by Crippen LogP contribution is -2.10. The molecule has 1 aliphatic rings. The molecule has 1 aliphatic heterocycles. The maximum Gasteiger partial charge on any atom is 0.231 e. The highest BCUT2D eigenvalue weighted by atomic mass is 32.1. The molecule has 0 spiro atoms. The molecule has 2 aromatic carbocycles. The van der Waals surface area contributed by atoms with Crippen molar-refractivity contribution < 1.29 is 9.47 Å². The summed E-state index contributed by atoms with van der Waals surface area (Å²) in [4.78, 5) is 0.951. The van der Waals surface area contributed by atoms with Crippen LogP contribution in [-0.2, 0) is 6.42 Å². The van der Waals surface area contributed by atoms with E-state index < -0.39 is 0 Å². The van der Waals surface area contributed by atoms with Crippen molar-refractivity contribution in [3.05, 3.63) is 58.7 Å². The molecule has 4 nitrogen and oxygen atoms in total. The molecule has 0 aliphatic carbocycles. The molecule has 3 rings (SSSR count). The Morgan fingerprint density at radius 2 is 1.67 bits per heavy atom. The van der Waals surface area contributed by atoms with Crippen LogP contribution in [-0.4, -0.2) is 16.8 Å². The molecular weight excluding hydrogens is 340 g/mol. The van der Waals surface area contributed by atoms with Gasteiger partial charge in [0.1, 0.15) is 4.99 Å². The smallest absolute Gasteiger partial charge is 0.231 e. The predicted octanol–water partition coefficient (Wildman–Crippen LogP) is 3.18. The van der Waals surface area contributed by atoms with Crippen molar-refractivity contribution in [2.24, 2.45) is 11.5 Å². The number of ether oxygens (including phenoxy) is 2. The number of benzene rings is 2. The summed E-state index contributed by atoms with van der Waals surface area (Å²) < 4.78 is 10.4. The zero-order valence-corrected chi connectivity index (χ0v) is 15.3. The fraction of sp³-hybridized carbons (Fsp3) is 0.222. The molecule has 6 heteroatoms. The van der Waals surface area contributed by atoms with E-state index in [0.717, 1.165) is 22.6 Å². The Balaban J connectivity index is 0.000000177. The van der Waals surface area contributed by atoms with Crippen LogP contribution in [0, 0.1) is 13.8 Å². The first-order chi connectivity index (χ1) is 11.4. The number of thiocarbonyl (C=S) groups is 2. The minimum atomic E-state index is 0.297. The minimum Gasteiger partial charge on any atom is -0.454 e. The third kappa shape index (κ3) is 4.91. The van der Waals surface area contributed by atoms with E-state index in [1.165, 1.54) is 11.1 Å². The maximum atomic E-state index is 5.46. The van der Waals surface area contributed by atoms with Crippen molar-refractivity contribution in [1.29, 1.82) is 0 Å². The van der Waals surface area contributed by atoms with E-state index in [-0.39, 0.29) is 0 Å². The number of fused-ring (bicyclic) bond motifs is 1. The van der Waals surface area contributed by atoms with Gasteiger partial charge < -0.3 is 20.9 Å². The first-order valence-corrected chi connectivity index (χ1v) is 8.22. The quantitative estimate of drug-likeness (QED) is 0.819. The molecule has 0 fully saturated rings. The largest absolute Gasteiger partial charge is 0.454 e. The molecule has 0 atom stereocenters. The SMILES string of the molecule is Cc1ccc(C(N)=S)cc1C.NC(=S)Cc1ccc2c(c1)OCO2. The molecule has 4 N–H and O–H groups in total. The van der Waals surface area contributed by atoms with Crippen molar-refractivity contribution in [2.75, 3.05) is 6.79 Å². The van der Waals surface area contributed by atoms with Crippen molar-refractivity contribution >= 4 is 34.4 Å². The Hall–Kier alpha value is -2.18. The van der Waals surface area contributed by atoms with Crippen LogP contribution in [0.25, 0.3) is 0 Å². The van der Waals surface area contributed by atoms with Crippen molar-refractivity contribution in [3.8, 4) is 11.5 Å². The van der Waals surface area contributed by atoms with Crippen LogP contribution in [0.1, 0.15) is 22.3 Å². The number of nitrogens with two attached hydrogens (primary N) is 2. The second-order valence-corrected chi connectivity index (χ2v) is 6.46. The molecule has 24 heavy (non-hydrogen) atoms. The number of rotatable bonds is 3. The van der Waals surface area contributed by atoms with Gasteiger partial charge in [-0.1, -0.05) is 42.6 Å². The zero-order valence-electron chi connectivity index (χ0n) is 13.7. The highest BCUT2D eigenvalue weighted by molar-refractivity contribution is 7.80. The van der Waals surface area contributed by atoms with Gasteiger partial charge in [0.15, 0.2) is 11.5 Å². The van der Waals surface area contributed by atoms with E-state index in [4.69, 9.17) is 45.4 Å². The Kier molecular flexibility index (Phi) is 6.11. The van der Waals surface area contributed by atoms with Gasteiger partial charge in [0.2, 0.25) is 6.79 Å². The van der Waals surface area contributed by atoms with Gasteiger partial charge in [-0.15, -0.1) is 0 Å². The molecule has 1 heterocycles. The second-order valence-electron chi connectivity index (χ2n) is 5.49. The van der Waals surface area contributed by atoms with Gasteiger partial charge in [-0.3, -0.25) is 0 Å². The average molecular weight is 361 g/mol. The predicted molar refractivity (Wildman–Crippen MR) is 105 cm³/mol. The Morgan fingerprint density at radius 3 is 2.29 bits per heavy atom. The van der Waals surface area contributed by atoms with E-state index in [1.54, 1.807) is 0 Å². The molecule has 0 aromatic heterocycles. The third-order valence-electron chi connectivity index (χ3n) is 3.61. The van der Waals surface area contributed by atoms with E-state index in [0.29, 0.717) is 23.2 Å². The first-order valence-electron chi connectivity index (χ1n) is 7.40. The number of hydrogen-bond acceptors (Lipinski definition) is 4. The average Bonchev–Trinajstić information content (AvgIpc) is 2.97. The summed E-state index contributed by atoms with van der Waals surface area (Å²) in [6.07, 6.45) is 0.603. The Labute approximate surface area is 152 Å². The Bertz CT molecular complexity index is 776. The minimum absolute atomic E-state index is 0.297. The van der Waals surface area contributed by atoms with Gasteiger partial charge in [0, 0.05) is 12.0 Å². The van der Waals surface area contributed by atoms with E-state index in [1.807, 2.05) is 36.4 Å². The van der Waals surface area contributed by atoms with Gasteiger partial charge in [0.25, 0.3) is 0 Å².